The van der Waals surface area contributed by atoms with Gasteiger partial charge in [0, 0.05) is 0 Å². The van der Waals surface area contributed by atoms with E-state index in [2.05, 4.69) is 24.0 Å². The van der Waals surface area contributed by atoms with E-state index in [1.165, 1.54) is 5.56 Å². The number of unbranched alkanes of at least 4 members (excludes halogenated alkanes) is 1. The van der Waals surface area contributed by atoms with E-state index in [4.69, 9.17) is 9.79 Å². The summed E-state index contributed by atoms with van der Waals surface area (Å²) < 4.78 is 10.6. The zero-order chi connectivity index (χ0) is 13.4. The highest BCUT2D eigenvalue weighted by molar-refractivity contribution is 7.51. The quantitative estimate of drug-likeness (QED) is 0.500. The number of hydrogen-bond acceptors (Lipinski definition) is 2. The molecule has 0 aliphatic heterocycles. The maximum atomic E-state index is 10.6. The summed E-state index contributed by atoms with van der Waals surface area (Å²) in [6.07, 6.45) is 4.47. The summed E-state index contributed by atoms with van der Waals surface area (Å²) in [5.41, 5.74) is 2.39. The lowest BCUT2D eigenvalue weighted by molar-refractivity contribution is 0.367. The van der Waals surface area contributed by atoms with Gasteiger partial charge in [-0.25, -0.2) is 0 Å². The summed E-state index contributed by atoms with van der Waals surface area (Å²) in [4.78, 5) is 17.3. The molecular formula is C13H20NO3P. The maximum Gasteiger partial charge on any atom is 0.339 e. The molecule has 0 aliphatic carbocycles. The van der Waals surface area contributed by atoms with Crippen LogP contribution in [-0.4, -0.2) is 22.6 Å². The van der Waals surface area contributed by atoms with Gasteiger partial charge in [0.1, 0.15) is 0 Å². The Labute approximate surface area is 108 Å². The molecule has 100 valence electrons. The van der Waals surface area contributed by atoms with Crippen LogP contribution in [0.25, 0.3) is 6.08 Å². The van der Waals surface area contributed by atoms with Crippen LogP contribution in [0.4, 0.5) is 0 Å². The SMILES string of the molecule is C=Cc1ccc(CCCCNCP(=O)(O)O)cc1. The van der Waals surface area contributed by atoms with Gasteiger partial charge in [0.25, 0.3) is 0 Å². The minimum atomic E-state index is -3.90. The minimum Gasteiger partial charge on any atom is -0.324 e. The zero-order valence-electron chi connectivity index (χ0n) is 10.4. The molecule has 0 spiro atoms. The second-order valence-electron chi connectivity index (χ2n) is 4.23. The van der Waals surface area contributed by atoms with Crippen LogP contribution in [0, 0.1) is 0 Å². The molecule has 0 unspecified atom stereocenters. The summed E-state index contributed by atoms with van der Waals surface area (Å²) in [6.45, 7) is 4.34. The van der Waals surface area contributed by atoms with Crippen molar-refractivity contribution in [3.05, 3.63) is 42.0 Å². The molecule has 1 aromatic rings. The molecule has 0 heterocycles. The van der Waals surface area contributed by atoms with Crippen LogP contribution in [0.1, 0.15) is 24.0 Å². The molecule has 0 fully saturated rings. The van der Waals surface area contributed by atoms with Gasteiger partial charge in [0.2, 0.25) is 0 Å². The Kier molecular flexibility index (Phi) is 6.30. The van der Waals surface area contributed by atoms with Gasteiger partial charge >= 0.3 is 7.60 Å². The van der Waals surface area contributed by atoms with Crippen molar-refractivity contribution in [3.8, 4) is 0 Å². The number of hydrogen-bond donors (Lipinski definition) is 3. The lowest BCUT2D eigenvalue weighted by Crippen LogP contribution is -2.16. The van der Waals surface area contributed by atoms with Crippen LogP contribution in [-0.2, 0) is 11.0 Å². The summed E-state index contributed by atoms with van der Waals surface area (Å²) in [5.74, 6) is 0. The van der Waals surface area contributed by atoms with Gasteiger partial charge in [0.15, 0.2) is 0 Å². The number of nitrogens with one attached hydrogen (secondary N) is 1. The van der Waals surface area contributed by atoms with Gasteiger partial charge in [-0.05, 0) is 36.9 Å². The molecule has 0 amide bonds. The van der Waals surface area contributed by atoms with Crippen LogP contribution in [0.3, 0.4) is 0 Å². The highest BCUT2D eigenvalue weighted by atomic mass is 31.2. The Morgan fingerprint density at radius 3 is 2.44 bits per heavy atom. The van der Waals surface area contributed by atoms with Crippen LogP contribution < -0.4 is 5.32 Å². The van der Waals surface area contributed by atoms with Gasteiger partial charge in [-0.2, -0.15) is 0 Å². The molecule has 0 atom stereocenters. The second kappa shape index (κ2) is 7.49. The van der Waals surface area contributed by atoms with Crippen LogP contribution in [0.5, 0.6) is 0 Å². The summed E-state index contributed by atoms with van der Waals surface area (Å²) in [5, 5.41) is 2.75. The molecule has 3 N–H and O–H groups in total. The molecule has 0 aromatic heterocycles. The molecular weight excluding hydrogens is 249 g/mol. The third-order valence-electron chi connectivity index (χ3n) is 2.60. The van der Waals surface area contributed by atoms with Gasteiger partial charge in [0.05, 0.1) is 6.29 Å². The Balaban J connectivity index is 2.14. The molecule has 4 nitrogen and oxygen atoms in total. The minimum absolute atomic E-state index is 0.235. The fourth-order valence-electron chi connectivity index (χ4n) is 1.62. The Morgan fingerprint density at radius 1 is 1.22 bits per heavy atom. The first kappa shape index (κ1) is 15.1. The Hall–Kier alpha value is -0.930. The average Bonchev–Trinajstić information content (AvgIpc) is 2.33. The molecule has 1 aromatic carbocycles. The van der Waals surface area contributed by atoms with E-state index in [1.807, 2.05) is 18.2 Å². The molecule has 1 rings (SSSR count). The number of benzene rings is 1. The van der Waals surface area contributed by atoms with Crippen molar-refractivity contribution < 1.29 is 14.4 Å². The summed E-state index contributed by atoms with van der Waals surface area (Å²) in [6, 6.07) is 8.24. The van der Waals surface area contributed by atoms with E-state index < -0.39 is 7.60 Å². The van der Waals surface area contributed by atoms with E-state index >= 15 is 0 Å². The third kappa shape index (κ3) is 6.72. The topological polar surface area (TPSA) is 69.6 Å². The lowest BCUT2D eigenvalue weighted by Gasteiger charge is -2.06. The normalized spacial score (nSPS) is 11.4. The van der Waals surface area contributed by atoms with Crippen molar-refractivity contribution in [2.75, 3.05) is 12.8 Å². The van der Waals surface area contributed by atoms with Gasteiger partial charge in [-0.15, -0.1) is 0 Å². The highest BCUT2D eigenvalue weighted by Crippen LogP contribution is 2.31. The lowest BCUT2D eigenvalue weighted by atomic mass is 10.1. The van der Waals surface area contributed by atoms with Crippen molar-refractivity contribution in [3.63, 3.8) is 0 Å². The van der Waals surface area contributed by atoms with Crippen LogP contribution in [0.15, 0.2) is 30.8 Å². The van der Waals surface area contributed by atoms with Gasteiger partial charge in [-0.3, -0.25) is 4.57 Å². The summed E-state index contributed by atoms with van der Waals surface area (Å²) >= 11 is 0. The molecule has 18 heavy (non-hydrogen) atoms. The van der Waals surface area contributed by atoms with E-state index in [0.717, 1.165) is 24.8 Å². The fraction of sp³-hybridized carbons (Fsp3) is 0.385. The van der Waals surface area contributed by atoms with Crippen LogP contribution in [0.2, 0.25) is 0 Å². The van der Waals surface area contributed by atoms with Gasteiger partial charge < -0.3 is 15.1 Å². The van der Waals surface area contributed by atoms with Crippen LogP contribution >= 0.6 is 7.60 Å². The number of aryl methyl sites for hydroxylation is 1. The van der Waals surface area contributed by atoms with E-state index in [-0.39, 0.29) is 6.29 Å². The Morgan fingerprint density at radius 2 is 1.89 bits per heavy atom. The first-order valence-electron chi connectivity index (χ1n) is 5.98. The van der Waals surface area contributed by atoms with Gasteiger partial charge in [-0.1, -0.05) is 36.9 Å². The van der Waals surface area contributed by atoms with Crippen molar-refractivity contribution >= 4 is 13.7 Å². The van der Waals surface area contributed by atoms with Crippen molar-refractivity contribution in [1.29, 1.82) is 0 Å². The molecule has 0 saturated carbocycles. The van der Waals surface area contributed by atoms with Crippen molar-refractivity contribution in [1.82, 2.24) is 5.32 Å². The smallest absolute Gasteiger partial charge is 0.324 e. The monoisotopic (exact) mass is 269 g/mol. The Bertz CT molecular complexity index is 411. The first-order valence-corrected chi connectivity index (χ1v) is 7.78. The van der Waals surface area contributed by atoms with E-state index in [0.29, 0.717) is 6.54 Å². The molecule has 0 bridgehead atoms. The highest BCUT2D eigenvalue weighted by Gasteiger charge is 2.10. The maximum absolute atomic E-state index is 10.6. The average molecular weight is 269 g/mol. The predicted molar refractivity (Wildman–Crippen MR) is 74.4 cm³/mol. The van der Waals surface area contributed by atoms with E-state index in [9.17, 15) is 4.57 Å². The van der Waals surface area contributed by atoms with Crippen molar-refractivity contribution in [2.24, 2.45) is 0 Å². The largest absolute Gasteiger partial charge is 0.339 e. The van der Waals surface area contributed by atoms with Crippen molar-refractivity contribution in [2.45, 2.75) is 19.3 Å². The standard InChI is InChI=1S/C13H20NO3P/c1-2-12-6-8-13(9-7-12)5-3-4-10-14-11-18(15,16)17/h2,6-9,14H,1,3-5,10-11H2,(H2,15,16,17). The molecule has 5 heteroatoms. The molecule has 0 radical (unpaired) electrons. The predicted octanol–water partition coefficient (Wildman–Crippen LogP) is 2.38. The van der Waals surface area contributed by atoms with E-state index in [1.54, 1.807) is 0 Å². The third-order valence-corrected chi connectivity index (χ3v) is 3.24. The molecule has 0 aliphatic rings. The first-order chi connectivity index (χ1) is 8.51. The molecule has 0 saturated heterocycles. The number of rotatable bonds is 8. The fourth-order valence-corrected chi connectivity index (χ4v) is 2.07. The summed E-state index contributed by atoms with van der Waals surface area (Å²) in [7, 11) is -3.90. The zero-order valence-corrected chi connectivity index (χ0v) is 11.3. The second-order valence-corrected chi connectivity index (χ2v) is 5.87.